The highest BCUT2D eigenvalue weighted by molar-refractivity contribution is 9.10. The van der Waals surface area contributed by atoms with Gasteiger partial charge in [-0.25, -0.2) is 0 Å². The lowest BCUT2D eigenvalue weighted by atomic mass is 9.44. The highest BCUT2D eigenvalue weighted by atomic mass is 79.9. The van der Waals surface area contributed by atoms with Crippen LogP contribution in [0.1, 0.15) is 62.2 Å². The highest BCUT2D eigenvalue weighted by Gasteiger charge is 2.62. The standard InChI is InChI=1S/C25H27BrN2O2/c1-24(2)21(10-8-15-12-20-18(22(15)29)6-5-11-28-20)25(3,4)23(24)30-17-9-7-16(14-27)19(26)13-17/h5-7,9,11,13,15,21,23H,8,10,12H2,1-4H3/t15?,21-,23-. The smallest absolute Gasteiger partial charge is 0.168 e. The van der Waals surface area contributed by atoms with Crippen molar-refractivity contribution in [3.05, 3.63) is 57.8 Å². The quantitative estimate of drug-likeness (QED) is 0.543. The summed E-state index contributed by atoms with van der Waals surface area (Å²) in [5.74, 6) is 1.54. The Labute approximate surface area is 186 Å². The van der Waals surface area contributed by atoms with Crippen LogP contribution in [0.4, 0.5) is 0 Å². The van der Waals surface area contributed by atoms with Gasteiger partial charge in [-0.3, -0.25) is 9.78 Å². The molecule has 2 aromatic rings. The molecule has 0 saturated heterocycles. The number of hydrogen-bond acceptors (Lipinski definition) is 4. The number of aromatic nitrogens is 1. The van der Waals surface area contributed by atoms with E-state index in [-0.39, 0.29) is 28.6 Å². The average molecular weight is 467 g/mol. The van der Waals surface area contributed by atoms with E-state index in [2.05, 4.69) is 54.7 Å². The summed E-state index contributed by atoms with van der Waals surface area (Å²) < 4.78 is 7.17. The molecule has 1 heterocycles. The normalized spacial score (nSPS) is 25.9. The van der Waals surface area contributed by atoms with Gasteiger partial charge in [0, 0.05) is 39.4 Å². The topological polar surface area (TPSA) is 63.0 Å². The molecule has 1 aromatic carbocycles. The lowest BCUT2D eigenvalue weighted by Crippen LogP contribution is -2.65. The number of hydrogen-bond donors (Lipinski definition) is 0. The van der Waals surface area contributed by atoms with Crippen LogP contribution in [-0.4, -0.2) is 16.9 Å². The SMILES string of the molecule is CC1(C)[C@H](CCC2Cc3ncccc3C2=O)C(C)(C)[C@H]1Oc1ccc(C#N)c(Br)c1. The molecule has 1 saturated carbocycles. The Morgan fingerprint density at radius 1 is 1.20 bits per heavy atom. The second kappa shape index (κ2) is 7.50. The fraction of sp³-hybridized carbons (Fsp3) is 0.480. The molecule has 1 atom stereocenters. The van der Waals surface area contributed by atoms with Gasteiger partial charge in [0.05, 0.1) is 11.3 Å². The van der Waals surface area contributed by atoms with Gasteiger partial charge in [-0.15, -0.1) is 0 Å². The van der Waals surface area contributed by atoms with Crippen LogP contribution in [0.3, 0.4) is 0 Å². The zero-order valence-electron chi connectivity index (χ0n) is 17.9. The highest BCUT2D eigenvalue weighted by Crippen LogP contribution is 2.62. The van der Waals surface area contributed by atoms with Gasteiger partial charge in [-0.05, 0) is 65.0 Å². The van der Waals surface area contributed by atoms with Crippen LogP contribution >= 0.6 is 15.9 Å². The molecular formula is C25H27BrN2O2. The Bertz CT molecular complexity index is 1020. The lowest BCUT2D eigenvalue weighted by Gasteiger charge is -2.63. The third-order valence-corrected chi connectivity index (χ3v) is 7.89. The molecule has 2 aliphatic carbocycles. The van der Waals surface area contributed by atoms with E-state index in [1.54, 1.807) is 12.3 Å². The Hall–Kier alpha value is -2.19. The zero-order chi connectivity index (χ0) is 21.7. The van der Waals surface area contributed by atoms with Crippen LogP contribution in [0, 0.1) is 34.0 Å². The Balaban J connectivity index is 1.43. The predicted molar refractivity (Wildman–Crippen MR) is 119 cm³/mol. The molecule has 2 aliphatic rings. The summed E-state index contributed by atoms with van der Waals surface area (Å²) in [5.41, 5.74) is 2.35. The van der Waals surface area contributed by atoms with E-state index in [1.807, 2.05) is 24.3 Å². The summed E-state index contributed by atoms with van der Waals surface area (Å²) in [5, 5.41) is 9.13. The monoisotopic (exact) mass is 466 g/mol. The third-order valence-electron chi connectivity index (χ3n) is 7.23. The number of nitrogens with zero attached hydrogens (tertiary/aromatic N) is 2. The van der Waals surface area contributed by atoms with E-state index < -0.39 is 0 Å². The minimum Gasteiger partial charge on any atom is -0.489 e. The Kier molecular flexibility index (Phi) is 5.26. The van der Waals surface area contributed by atoms with Crippen molar-refractivity contribution in [1.29, 1.82) is 5.26 Å². The molecule has 1 unspecified atom stereocenters. The van der Waals surface area contributed by atoms with E-state index in [0.717, 1.165) is 40.7 Å². The van der Waals surface area contributed by atoms with Crippen LogP contribution in [0.25, 0.3) is 0 Å². The van der Waals surface area contributed by atoms with Crippen molar-refractivity contribution in [2.45, 2.75) is 53.1 Å². The van der Waals surface area contributed by atoms with E-state index in [9.17, 15) is 4.79 Å². The maximum atomic E-state index is 12.7. The first-order valence-electron chi connectivity index (χ1n) is 10.5. The third kappa shape index (κ3) is 3.36. The molecule has 0 aliphatic heterocycles. The lowest BCUT2D eigenvalue weighted by molar-refractivity contribution is -0.201. The molecule has 0 amide bonds. The number of benzene rings is 1. The number of rotatable bonds is 5. The summed E-state index contributed by atoms with van der Waals surface area (Å²) >= 11 is 3.45. The summed E-state index contributed by atoms with van der Waals surface area (Å²) in [6.07, 6.45) is 4.49. The van der Waals surface area contributed by atoms with E-state index in [0.29, 0.717) is 11.5 Å². The second-order valence-corrected chi connectivity index (χ2v) is 10.6. The number of pyridine rings is 1. The zero-order valence-corrected chi connectivity index (χ0v) is 19.5. The minimum absolute atomic E-state index is 0.00334. The molecule has 30 heavy (non-hydrogen) atoms. The van der Waals surface area contributed by atoms with Gasteiger partial charge in [0.25, 0.3) is 0 Å². The molecule has 0 bridgehead atoms. The summed E-state index contributed by atoms with van der Waals surface area (Å²) in [7, 11) is 0. The number of fused-ring (bicyclic) bond motifs is 1. The fourth-order valence-electron chi connectivity index (χ4n) is 6.00. The van der Waals surface area contributed by atoms with Crippen molar-refractivity contribution >= 4 is 21.7 Å². The maximum absolute atomic E-state index is 12.7. The van der Waals surface area contributed by atoms with Crippen LogP contribution < -0.4 is 4.74 Å². The second-order valence-electron chi connectivity index (χ2n) is 9.79. The van der Waals surface area contributed by atoms with Crippen molar-refractivity contribution in [1.82, 2.24) is 4.98 Å². The summed E-state index contributed by atoms with van der Waals surface area (Å²) in [6, 6.07) is 11.4. The van der Waals surface area contributed by atoms with E-state index >= 15 is 0 Å². The van der Waals surface area contributed by atoms with Gasteiger partial charge < -0.3 is 4.74 Å². The first-order valence-corrected chi connectivity index (χ1v) is 11.3. The molecule has 5 heteroatoms. The molecule has 156 valence electrons. The predicted octanol–water partition coefficient (Wildman–Crippen LogP) is 5.98. The van der Waals surface area contributed by atoms with Crippen LogP contribution in [0.15, 0.2) is 41.0 Å². The molecule has 1 fully saturated rings. The fourth-order valence-corrected chi connectivity index (χ4v) is 6.45. The summed E-state index contributed by atoms with van der Waals surface area (Å²) in [4.78, 5) is 17.1. The van der Waals surface area contributed by atoms with Crippen molar-refractivity contribution in [3.63, 3.8) is 0 Å². The number of halogens is 1. The first-order chi connectivity index (χ1) is 14.2. The van der Waals surface area contributed by atoms with Crippen molar-refractivity contribution in [2.24, 2.45) is 22.7 Å². The maximum Gasteiger partial charge on any atom is 0.168 e. The summed E-state index contributed by atoms with van der Waals surface area (Å²) in [6.45, 7) is 9.05. The van der Waals surface area contributed by atoms with Gasteiger partial charge >= 0.3 is 0 Å². The van der Waals surface area contributed by atoms with Gasteiger partial charge in [0.1, 0.15) is 17.9 Å². The van der Waals surface area contributed by atoms with Crippen LogP contribution in [0.5, 0.6) is 5.75 Å². The van der Waals surface area contributed by atoms with Gasteiger partial charge in [0.15, 0.2) is 5.78 Å². The van der Waals surface area contributed by atoms with Crippen LogP contribution in [0.2, 0.25) is 0 Å². The largest absolute Gasteiger partial charge is 0.489 e. The molecule has 0 spiro atoms. The van der Waals surface area contributed by atoms with E-state index in [1.165, 1.54) is 0 Å². The number of ketones is 1. The number of nitriles is 1. The van der Waals surface area contributed by atoms with Gasteiger partial charge in [-0.2, -0.15) is 5.26 Å². The Morgan fingerprint density at radius 2 is 1.93 bits per heavy atom. The minimum atomic E-state index is -0.00334. The van der Waals surface area contributed by atoms with Crippen LogP contribution in [-0.2, 0) is 6.42 Å². The Morgan fingerprint density at radius 3 is 2.57 bits per heavy atom. The molecule has 0 radical (unpaired) electrons. The molecular weight excluding hydrogens is 440 g/mol. The number of ether oxygens (including phenoxy) is 1. The van der Waals surface area contributed by atoms with Gasteiger partial charge in [-0.1, -0.05) is 27.7 Å². The number of carbonyl (C=O) groups excluding carboxylic acids is 1. The molecule has 1 aromatic heterocycles. The molecule has 4 rings (SSSR count). The van der Waals surface area contributed by atoms with Crippen molar-refractivity contribution in [2.75, 3.05) is 0 Å². The molecule has 0 N–H and O–H groups in total. The number of carbonyl (C=O) groups is 1. The number of Topliss-reactive ketones (excluding diaryl/α,β-unsaturated/α-hetero) is 1. The average Bonchev–Trinajstić information content (AvgIpc) is 3.02. The van der Waals surface area contributed by atoms with Crippen molar-refractivity contribution in [3.8, 4) is 11.8 Å². The van der Waals surface area contributed by atoms with E-state index in [4.69, 9.17) is 10.00 Å². The van der Waals surface area contributed by atoms with Gasteiger partial charge in [0.2, 0.25) is 0 Å². The first kappa shape index (κ1) is 21.1. The molecule has 4 nitrogen and oxygen atoms in total. The van der Waals surface area contributed by atoms with Crippen molar-refractivity contribution < 1.29 is 9.53 Å².